The summed E-state index contributed by atoms with van der Waals surface area (Å²) in [6.45, 7) is 4.39. The number of nitrogens with one attached hydrogen (secondary N) is 1. The zero-order valence-electron chi connectivity index (χ0n) is 10.4. The van der Waals surface area contributed by atoms with Gasteiger partial charge in [0.2, 0.25) is 0 Å². The average molecular weight is 287 g/mol. The summed E-state index contributed by atoms with van der Waals surface area (Å²) in [5.74, 6) is 1.23. The van der Waals surface area contributed by atoms with Gasteiger partial charge in [0, 0.05) is 11.4 Å². The average Bonchev–Trinajstić information content (AvgIpc) is 2.70. The highest BCUT2D eigenvalue weighted by molar-refractivity contribution is 8.14. The van der Waals surface area contributed by atoms with Crippen molar-refractivity contribution in [3.63, 3.8) is 0 Å². The van der Waals surface area contributed by atoms with Gasteiger partial charge in [-0.3, -0.25) is 4.99 Å². The Morgan fingerprint density at radius 3 is 3.00 bits per heavy atom. The largest absolute Gasteiger partial charge is 0.335 e. The smallest absolute Gasteiger partial charge is 0.161 e. The van der Waals surface area contributed by atoms with E-state index in [9.17, 15) is 4.39 Å². The van der Waals surface area contributed by atoms with Crippen molar-refractivity contribution in [1.29, 1.82) is 0 Å². The highest BCUT2D eigenvalue weighted by Gasteiger charge is 2.19. The standard InChI is InChI=1S/C13H16ClFN2S/c1-8(2)5-10-7-18-13(17-10)16-9-3-4-11(14)12(15)6-9/h3-4,6,8,10H,5,7H2,1-2H3,(H,16,17). The fourth-order valence-electron chi connectivity index (χ4n) is 1.85. The number of anilines is 1. The third kappa shape index (κ3) is 3.62. The Bertz CT molecular complexity index is 462. The predicted molar refractivity (Wildman–Crippen MR) is 78.2 cm³/mol. The number of hydrogen-bond acceptors (Lipinski definition) is 3. The third-order valence-corrected chi connectivity index (χ3v) is 3.97. The van der Waals surface area contributed by atoms with E-state index in [2.05, 4.69) is 24.2 Å². The highest BCUT2D eigenvalue weighted by atomic mass is 35.5. The molecule has 1 N–H and O–H groups in total. The summed E-state index contributed by atoms with van der Waals surface area (Å²) in [4.78, 5) is 4.59. The maximum atomic E-state index is 13.3. The zero-order chi connectivity index (χ0) is 13.1. The lowest BCUT2D eigenvalue weighted by Gasteiger charge is -2.07. The quantitative estimate of drug-likeness (QED) is 0.890. The van der Waals surface area contributed by atoms with Gasteiger partial charge in [-0.15, -0.1) is 0 Å². The van der Waals surface area contributed by atoms with Crippen LogP contribution in [0.2, 0.25) is 5.02 Å². The molecule has 1 unspecified atom stereocenters. The minimum atomic E-state index is -0.413. The molecule has 0 bridgehead atoms. The van der Waals surface area contributed by atoms with Gasteiger partial charge in [0.05, 0.1) is 11.1 Å². The van der Waals surface area contributed by atoms with E-state index in [-0.39, 0.29) is 5.02 Å². The van der Waals surface area contributed by atoms with Gasteiger partial charge in [-0.2, -0.15) is 0 Å². The number of benzene rings is 1. The topological polar surface area (TPSA) is 24.4 Å². The summed E-state index contributed by atoms with van der Waals surface area (Å²) >= 11 is 7.32. The zero-order valence-corrected chi connectivity index (χ0v) is 12.0. The number of thioether (sulfide) groups is 1. The summed E-state index contributed by atoms with van der Waals surface area (Å²) in [7, 11) is 0. The van der Waals surface area contributed by atoms with E-state index in [1.807, 2.05) is 0 Å². The van der Waals surface area contributed by atoms with Crippen LogP contribution in [0.5, 0.6) is 0 Å². The van der Waals surface area contributed by atoms with Crippen molar-refractivity contribution in [2.75, 3.05) is 11.1 Å². The molecule has 0 saturated heterocycles. The van der Waals surface area contributed by atoms with Gasteiger partial charge in [0.15, 0.2) is 5.17 Å². The lowest BCUT2D eigenvalue weighted by atomic mass is 10.1. The Balaban J connectivity index is 1.99. The van der Waals surface area contributed by atoms with Crippen LogP contribution in [0.1, 0.15) is 20.3 Å². The molecular formula is C13H16ClFN2S. The summed E-state index contributed by atoms with van der Waals surface area (Å²) < 4.78 is 13.3. The molecule has 98 valence electrons. The van der Waals surface area contributed by atoms with E-state index in [0.29, 0.717) is 17.6 Å². The summed E-state index contributed by atoms with van der Waals surface area (Å²) in [5.41, 5.74) is 0.688. The predicted octanol–water partition coefficient (Wildman–Crippen LogP) is 4.41. The first-order valence-electron chi connectivity index (χ1n) is 5.97. The molecule has 0 amide bonds. The molecule has 1 aromatic rings. The van der Waals surface area contributed by atoms with Crippen molar-refractivity contribution >= 4 is 34.2 Å². The molecule has 2 nitrogen and oxygen atoms in total. The summed E-state index contributed by atoms with van der Waals surface area (Å²) in [6, 6.07) is 5.06. The molecule has 1 aromatic carbocycles. The lowest BCUT2D eigenvalue weighted by Crippen LogP contribution is -2.08. The number of hydrogen-bond donors (Lipinski definition) is 1. The second-order valence-corrected chi connectivity index (χ2v) is 6.20. The molecule has 0 fully saturated rings. The van der Waals surface area contributed by atoms with Crippen LogP contribution in [-0.4, -0.2) is 17.0 Å². The van der Waals surface area contributed by atoms with Crippen molar-refractivity contribution < 1.29 is 4.39 Å². The molecule has 0 aliphatic carbocycles. The van der Waals surface area contributed by atoms with Gasteiger partial charge in [-0.05, 0) is 30.5 Å². The molecule has 0 radical (unpaired) electrons. The SMILES string of the molecule is CC(C)CC1CSC(Nc2ccc(Cl)c(F)c2)=N1. The monoisotopic (exact) mass is 286 g/mol. The van der Waals surface area contributed by atoms with Crippen molar-refractivity contribution in [3.8, 4) is 0 Å². The van der Waals surface area contributed by atoms with Crippen molar-refractivity contribution in [3.05, 3.63) is 29.0 Å². The fourth-order valence-corrected chi connectivity index (χ4v) is 2.94. The van der Waals surface area contributed by atoms with Crippen molar-refractivity contribution in [1.82, 2.24) is 0 Å². The van der Waals surface area contributed by atoms with Crippen LogP contribution < -0.4 is 5.32 Å². The highest BCUT2D eigenvalue weighted by Crippen LogP contribution is 2.25. The van der Waals surface area contributed by atoms with E-state index >= 15 is 0 Å². The van der Waals surface area contributed by atoms with Crippen LogP contribution >= 0.6 is 23.4 Å². The Hall–Kier alpha value is -0.740. The first-order valence-corrected chi connectivity index (χ1v) is 7.33. The minimum absolute atomic E-state index is 0.138. The van der Waals surface area contributed by atoms with Crippen LogP contribution in [0.3, 0.4) is 0 Å². The van der Waals surface area contributed by atoms with Gasteiger partial charge < -0.3 is 5.32 Å². The number of halogens is 2. The van der Waals surface area contributed by atoms with Gasteiger partial charge in [-0.1, -0.05) is 37.2 Å². The molecule has 1 atom stereocenters. The second kappa shape index (κ2) is 5.93. The van der Waals surface area contributed by atoms with Gasteiger partial charge in [-0.25, -0.2) is 4.39 Å². The van der Waals surface area contributed by atoms with E-state index in [1.165, 1.54) is 6.07 Å². The van der Waals surface area contributed by atoms with E-state index in [0.717, 1.165) is 17.3 Å². The molecule has 18 heavy (non-hydrogen) atoms. The minimum Gasteiger partial charge on any atom is -0.335 e. The Kier molecular flexibility index (Phi) is 4.51. The molecule has 5 heteroatoms. The molecule has 1 aliphatic heterocycles. The van der Waals surface area contributed by atoms with Gasteiger partial charge in [0.1, 0.15) is 5.82 Å². The third-order valence-electron chi connectivity index (χ3n) is 2.63. The molecule has 2 rings (SSSR count). The molecule has 0 saturated carbocycles. The normalized spacial score (nSPS) is 19.2. The van der Waals surface area contributed by atoms with Crippen LogP contribution in [0.4, 0.5) is 10.1 Å². The first kappa shape index (κ1) is 13.7. The first-order chi connectivity index (χ1) is 8.54. The maximum absolute atomic E-state index is 13.3. The van der Waals surface area contributed by atoms with Crippen molar-refractivity contribution in [2.24, 2.45) is 10.9 Å². The van der Waals surface area contributed by atoms with Crippen LogP contribution in [0.25, 0.3) is 0 Å². The van der Waals surface area contributed by atoms with Crippen LogP contribution in [0.15, 0.2) is 23.2 Å². The second-order valence-electron chi connectivity index (χ2n) is 4.78. The number of rotatable bonds is 3. The van der Waals surface area contributed by atoms with Gasteiger partial charge >= 0.3 is 0 Å². The van der Waals surface area contributed by atoms with E-state index < -0.39 is 5.82 Å². The lowest BCUT2D eigenvalue weighted by molar-refractivity contribution is 0.529. The summed E-state index contributed by atoms with van der Waals surface area (Å²) in [6.07, 6.45) is 1.09. The maximum Gasteiger partial charge on any atom is 0.161 e. The van der Waals surface area contributed by atoms with E-state index in [4.69, 9.17) is 11.6 Å². The van der Waals surface area contributed by atoms with Gasteiger partial charge in [0.25, 0.3) is 0 Å². The molecule has 1 aliphatic rings. The van der Waals surface area contributed by atoms with Crippen molar-refractivity contribution in [2.45, 2.75) is 26.3 Å². The molecule has 0 spiro atoms. The fraction of sp³-hybridized carbons (Fsp3) is 0.462. The molecule has 1 heterocycles. The van der Waals surface area contributed by atoms with E-state index in [1.54, 1.807) is 23.9 Å². The number of amidine groups is 1. The number of nitrogens with zero attached hydrogens (tertiary/aromatic N) is 1. The summed E-state index contributed by atoms with van der Waals surface area (Å²) in [5, 5.41) is 4.13. The van der Waals surface area contributed by atoms with Crippen LogP contribution in [-0.2, 0) is 0 Å². The molecular weight excluding hydrogens is 271 g/mol. The molecule has 0 aromatic heterocycles. The Labute approximate surface area is 116 Å². The Morgan fingerprint density at radius 2 is 2.33 bits per heavy atom. The number of aliphatic imine (C=N–C) groups is 1. The van der Waals surface area contributed by atoms with Crippen LogP contribution in [0, 0.1) is 11.7 Å². The Morgan fingerprint density at radius 1 is 1.56 bits per heavy atom.